The Morgan fingerprint density at radius 1 is 0.842 bits per heavy atom. The first kappa shape index (κ1) is 57.4. The number of ketones is 1. The molecule has 1 aliphatic heterocycles. The summed E-state index contributed by atoms with van der Waals surface area (Å²) in [4.78, 5) is 113. The highest BCUT2D eigenvalue weighted by atomic mass is 28.4. The first-order chi connectivity index (χ1) is 35.6. The van der Waals surface area contributed by atoms with Gasteiger partial charge < -0.3 is 48.1 Å². The van der Waals surface area contributed by atoms with Gasteiger partial charge >= 0.3 is 29.8 Å². The van der Waals surface area contributed by atoms with E-state index in [-0.39, 0.29) is 49.0 Å². The van der Waals surface area contributed by atoms with Crippen LogP contribution in [0.4, 0.5) is 0 Å². The summed E-state index contributed by atoms with van der Waals surface area (Å²) < 4.78 is 45.0. The maximum Gasteiger partial charge on any atom is 0.338 e. The highest BCUT2D eigenvalue weighted by molar-refractivity contribution is 6.74. The first-order valence-electron chi connectivity index (χ1n) is 25.8. The van der Waals surface area contributed by atoms with Crippen LogP contribution in [-0.2, 0) is 61.6 Å². The molecule has 0 unspecified atom stereocenters. The predicted molar refractivity (Wildman–Crippen MR) is 278 cm³/mol. The van der Waals surface area contributed by atoms with Crippen molar-refractivity contribution in [2.24, 2.45) is 16.7 Å². The summed E-state index contributed by atoms with van der Waals surface area (Å²) in [6.07, 6.45) is -9.52. The standard InChI is InChI=1S/C58H71NO16Si/c1-34-40(71-53(67)47(75-76(10,11)54(4,5)6)45(37-23-15-12-16-24-37)59-51(65)38-25-17-13-18-26-38)32-58(68)50(73-52(66)39-27-19-14-20-28-39)48-56(9,49(64)46(70-35(2)61)44(34)55(58,7)8)41(72-43(63)29-21-22-30-60)31-42-57(48,33-69-42)74-36(3)62/h12-20,23-28,30,40-42,45-48,50,68H,21-22,29,31-33H2,1-11H3,(H,59,65)/t40-,41-,42+,45+,46+,47+,48-,50-,56+,57-,58+/m0/s1. The van der Waals surface area contributed by atoms with E-state index in [0.29, 0.717) is 17.4 Å². The van der Waals surface area contributed by atoms with Crippen molar-refractivity contribution >= 4 is 56.1 Å². The van der Waals surface area contributed by atoms with Gasteiger partial charge in [0.05, 0.1) is 29.5 Å². The predicted octanol–water partition coefficient (Wildman–Crippen LogP) is 7.69. The number of Topliss-reactive ketones (excluding diaryl/α,β-unsaturated/α-hetero) is 1. The molecule has 76 heavy (non-hydrogen) atoms. The highest BCUT2D eigenvalue weighted by Gasteiger charge is 2.79. The number of rotatable bonds is 17. The van der Waals surface area contributed by atoms with Crippen LogP contribution in [0.5, 0.6) is 0 Å². The van der Waals surface area contributed by atoms with Crippen LogP contribution >= 0.6 is 0 Å². The third-order valence-corrected chi connectivity index (χ3v) is 21.1. The van der Waals surface area contributed by atoms with E-state index in [1.807, 2.05) is 33.9 Å². The lowest BCUT2D eigenvalue weighted by molar-refractivity contribution is -0.346. The summed E-state index contributed by atoms with van der Waals surface area (Å²) in [6, 6.07) is 24.0. The van der Waals surface area contributed by atoms with Crippen LogP contribution in [0.25, 0.3) is 0 Å². The molecule has 17 nitrogen and oxygen atoms in total. The highest BCUT2D eigenvalue weighted by Crippen LogP contribution is 2.65. The third-order valence-electron chi connectivity index (χ3n) is 16.6. The second-order valence-electron chi connectivity index (χ2n) is 22.7. The number of aldehydes is 1. The lowest BCUT2D eigenvalue weighted by atomic mass is 9.44. The first-order valence-corrected chi connectivity index (χ1v) is 28.7. The quantitative estimate of drug-likeness (QED) is 0.0329. The van der Waals surface area contributed by atoms with Crippen molar-refractivity contribution < 1.29 is 76.3 Å². The zero-order valence-corrected chi connectivity index (χ0v) is 46.2. The lowest BCUT2D eigenvalue weighted by Crippen LogP contribution is -2.82. The SMILES string of the molecule is CC(=O)O[C@H]1C(=O)[C@]2(C)[C@@H](OC(=O)CCCC=O)C[C@H]3OC[C@@]3(OC(C)=O)[C@H]2[C@H](OC(=O)c2ccccc2)[C@]2(O)C[C@H](OC(=O)[C@H](O[Si](C)(C)C(C)(C)C)[C@H](NC(=O)c3ccccc3)c3ccccc3)C(C)=C1C2(C)C. The number of carbonyl (C=O) groups is 8. The summed E-state index contributed by atoms with van der Waals surface area (Å²) in [7, 11) is -2.98. The molecular weight excluding hydrogens is 995 g/mol. The van der Waals surface area contributed by atoms with Crippen LogP contribution in [0.2, 0.25) is 18.1 Å². The number of carbonyl (C=O) groups excluding carboxylic acids is 8. The molecule has 4 aliphatic rings. The molecule has 3 aromatic carbocycles. The van der Waals surface area contributed by atoms with Gasteiger partial charge in [0.25, 0.3) is 5.91 Å². The van der Waals surface area contributed by atoms with Gasteiger partial charge in [-0.3, -0.25) is 24.0 Å². The van der Waals surface area contributed by atoms with Gasteiger partial charge in [-0.15, -0.1) is 0 Å². The normalized spacial score (nSPS) is 28.5. The largest absolute Gasteiger partial charge is 0.461 e. The van der Waals surface area contributed by atoms with Gasteiger partial charge in [-0.25, -0.2) is 9.59 Å². The maximum absolute atomic E-state index is 16.3. The molecule has 11 atom stereocenters. The number of benzene rings is 3. The van der Waals surface area contributed by atoms with Crippen molar-refractivity contribution in [1.29, 1.82) is 0 Å². The molecule has 7 rings (SSSR count). The molecule has 2 bridgehead atoms. The van der Waals surface area contributed by atoms with Crippen molar-refractivity contribution in [1.82, 2.24) is 5.32 Å². The molecule has 3 aromatic rings. The fourth-order valence-corrected chi connectivity index (χ4v) is 12.7. The number of hydrogen-bond acceptors (Lipinski definition) is 16. The van der Waals surface area contributed by atoms with Gasteiger partial charge in [-0.1, -0.05) is 101 Å². The Morgan fingerprint density at radius 2 is 1.43 bits per heavy atom. The molecule has 0 spiro atoms. The molecular formula is C58H71NO16Si. The van der Waals surface area contributed by atoms with E-state index in [1.165, 1.54) is 19.1 Å². The van der Waals surface area contributed by atoms with Crippen molar-refractivity contribution in [3.05, 3.63) is 119 Å². The molecule has 0 radical (unpaired) electrons. The minimum atomic E-state index is -2.98. The van der Waals surface area contributed by atoms with Crippen molar-refractivity contribution in [3.63, 3.8) is 0 Å². The van der Waals surface area contributed by atoms with E-state index in [1.54, 1.807) is 99.6 Å². The summed E-state index contributed by atoms with van der Waals surface area (Å²) in [6.45, 7) is 18.0. The molecule has 1 heterocycles. The van der Waals surface area contributed by atoms with Crippen molar-refractivity contribution in [3.8, 4) is 0 Å². The van der Waals surface area contributed by atoms with Gasteiger partial charge in [-0.05, 0) is 79.4 Å². The zero-order chi connectivity index (χ0) is 55.8. The van der Waals surface area contributed by atoms with Gasteiger partial charge in [0.2, 0.25) is 0 Å². The number of esters is 5. The Morgan fingerprint density at radius 3 is 1.97 bits per heavy atom. The Kier molecular flexibility index (Phi) is 16.6. The molecule has 1 saturated heterocycles. The third kappa shape index (κ3) is 10.7. The molecule has 2 saturated carbocycles. The summed E-state index contributed by atoms with van der Waals surface area (Å²) in [5.74, 6) is -7.42. The van der Waals surface area contributed by atoms with Gasteiger partial charge in [0.1, 0.15) is 36.3 Å². The average molecular weight is 1070 g/mol. The Balaban J connectivity index is 1.47. The number of ether oxygens (including phenoxy) is 6. The fourth-order valence-electron chi connectivity index (χ4n) is 11.5. The van der Waals surface area contributed by atoms with Crippen molar-refractivity contribution in [2.75, 3.05) is 6.61 Å². The number of fused-ring (bicyclic) bond motifs is 5. The van der Waals surface area contributed by atoms with E-state index in [0.717, 1.165) is 13.8 Å². The molecule has 2 N–H and O–H groups in total. The van der Waals surface area contributed by atoms with Gasteiger partial charge in [0, 0.05) is 50.5 Å². The number of unbranched alkanes of at least 4 members (excludes halogenated alkanes) is 1. The minimum absolute atomic E-state index is 0.00289. The van der Waals surface area contributed by atoms with Crippen LogP contribution in [0.15, 0.2) is 102 Å². The van der Waals surface area contributed by atoms with Gasteiger partial charge in [-0.2, -0.15) is 0 Å². The lowest BCUT2D eigenvalue weighted by Gasteiger charge is -2.67. The Bertz CT molecular complexity index is 2740. The smallest absolute Gasteiger partial charge is 0.338 e. The number of hydrogen-bond donors (Lipinski definition) is 2. The molecule has 1 amide bonds. The van der Waals surface area contributed by atoms with E-state index in [9.17, 15) is 33.9 Å². The second kappa shape index (κ2) is 21.9. The molecule has 18 heteroatoms. The number of amides is 1. The summed E-state index contributed by atoms with van der Waals surface area (Å²) in [5, 5.41) is 16.8. The topological polar surface area (TPSA) is 233 Å². The zero-order valence-electron chi connectivity index (χ0n) is 45.2. The van der Waals surface area contributed by atoms with Gasteiger partial charge in [0.15, 0.2) is 31.9 Å². The summed E-state index contributed by atoms with van der Waals surface area (Å²) >= 11 is 0. The Labute approximate surface area is 444 Å². The van der Waals surface area contributed by atoms with Crippen LogP contribution in [0.1, 0.15) is 127 Å². The second-order valence-corrected chi connectivity index (χ2v) is 27.5. The fraction of sp³-hybridized carbons (Fsp3) is 0.517. The Hall–Kier alpha value is -6.34. The van der Waals surface area contributed by atoms with Crippen LogP contribution in [-0.4, -0.2) is 116 Å². The van der Waals surface area contributed by atoms with E-state index >= 15 is 9.59 Å². The van der Waals surface area contributed by atoms with Crippen LogP contribution in [0.3, 0.4) is 0 Å². The van der Waals surface area contributed by atoms with Crippen LogP contribution in [0, 0.1) is 16.7 Å². The average Bonchev–Trinajstić information content (AvgIpc) is 3.38. The van der Waals surface area contributed by atoms with E-state index in [2.05, 4.69) is 5.32 Å². The van der Waals surface area contributed by atoms with Crippen molar-refractivity contribution in [2.45, 2.75) is 166 Å². The number of nitrogens with one attached hydrogen (secondary N) is 1. The van der Waals surface area contributed by atoms with E-state index < -0.39 is 132 Å². The minimum Gasteiger partial charge on any atom is -0.461 e. The van der Waals surface area contributed by atoms with Crippen LogP contribution < -0.4 is 5.32 Å². The molecule has 3 fully saturated rings. The molecule has 3 aliphatic carbocycles. The van der Waals surface area contributed by atoms with E-state index in [4.69, 9.17) is 32.8 Å². The summed E-state index contributed by atoms with van der Waals surface area (Å²) in [5.41, 5.74) is -7.10. The monoisotopic (exact) mass is 1070 g/mol. The molecule has 0 aromatic heterocycles. The number of aliphatic hydroxyl groups is 1. The molecule has 408 valence electrons. The maximum atomic E-state index is 16.3.